The molecule has 0 aliphatic rings. The van der Waals surface area contributed by atoms with E-state index in [9.17, 15) is 4.79 Å². The number of nitrogens with zero attached hydrogens (tertiary/aromatic N) is 3. The number of rotatable bonds is 5. The molecule has 1 amide bonds. The number of aryl methyl sites for hydroxylation is 1. The average molecular weight is 364 g/mol. The van der Waals surface area contributed by atoms with Crippen LogP contribution >= 0.6 is 11.3 Å². The summed E-state index contributed by atoms with van der Waals surface area (Å²) in [4.78, 5) is 17.7. The Morgan fingerprint density at radius 3 is 2.77 bits per heavy atom. The number of hydrogen-bond acceptors (Lipinski definition) is 5. The fourth-order valence-electron chi connectivity index (χ4n) is 2.58. The topological polar surface area (TPSA) is 73.0 Å². The lowest BCUT2D eigenvalue weighted by atomic mass is 10.2. The normalized spacial score (nSPS) is 10.8. The van der Waals surface area contributed by atoms with Gasteiger partial charge in [0.2, 0.25) is 5.89 Å². The number of carbonyl (C=O) groups is 1. The summed E-state index contributed by atoms with van der Waals surface area (Å²) < 4.78 is 7.47. The van der Waals surface area contributed by atoms with Crippen molar-refractivity contribution in [1.82, 2.24) is 14.8 Å². The third-order valence-corrected chi connectivity index (χ3v) is 4.72. The third kappa shape index (κ3) is 3.43. The van der Waals surface area contributed by atoms with Gasteiger partial charge in [-0.15, -0.1) is 11.3 Å². The van der Waals surface area contributed by atoms with Crippen LogP contribution in [0.1, 0.15) is 21.8 Å². The van der Waals surface area contributed by atoms with Gasteiger partial charge in [-0.2, -0.15) is 5.10 Å². The predicted octanol–water partition coefficient (Wildman–Crippen LogP) is 4.21. The van der Waals surface area contributed by atoms with Crippen LogP contribution in [0.3, 0.4) is 0 Å². The van der Waals surface area contributed by atoms with Crippen LogP contribution in [0.5, 0.6) is 0 Å². The predicted molar refractivity (Wildman–Crippen MR) is 100 cm³/mol. The van der Waals surface area contributed by atoms with E-state index in [1.165, 1.54) is 11.3 Å². The molecule has 0 radical (unpaired) electrons. The van der Waals surface area contributed by atoms with Crippen LogP contribution < -0.4 is 5.32 Å². The molecule has 0 bridgehead atoms. The fraction of sp³-hybridized carbons (Fsp3) is 0.105. The monoisotopic (exact) mass is 364 g/mol. The minimum atomic E-state index is -0.283. The van der Waals surface area contributed by atoms with Gasteiger partial charge in [0.25, 0.3) is 5.91 Å². The summed E-state index contributed by atoms with van der Waals surface area (Å²) in [6, 6.07) is 13.4. The number of benzene rings is 1. The second kappa shape index (κ2) is 6.97. The number of carbonyl (C=O) groups excluding carboxylic acids is 1. The van der Waals surface area contributed by atoms with E-state index in [-0.39, 0.29) is 5.91 Å². The quantitative estimate of drug-likeness (QED) is 0.576. The highest BCUT2D eigenvalue weighted by Gasteiger charge is 2.18. The molecule has 1 aromatic carbocycles. The number of anilines is 1. The summed E-state index contributed by atoms with van der Waals surface area (Å²) in [6.45, 7) is 2.43. The highest BCUT2D eigenvalue weighted by molar-refractivity contribution is 7.13. The Morgan fingerprint density at radius 2 is 2.08 bits per heavy atom. The molecule has 0 saturated carbocycles. The molecule has 26 heavy (non-hydrogen) atoms. The van der Waals surface area contributed by atoms with Gasteiger partial charge in [-0.25, -0.2) is 4.98 Å². The minimum absolute atomic E-state index is 0.283. The van der Waals surface area contributed by atoms with E-state index in [1.54, 1.807) is 13.1 Å². The zero-order valence-corrected chi connectivity index (χ0v) is 14.9. The summed E-state index contributed by atoms with van der Waals surface area (Å²) in [5, 5.41) is 8.99. The standard InChI is InChI=1S/C19H16N4O2S/c1-13-17(22-19(25-13)16-4-2-11-26-16)18(24)21-15-7-5-14(6-8-15)12-23-10-3-9-20-23/h2-11H,12H2,1H3,(H,21,24). The molecule has 0 aliphatic carbocycles. The second-order valence-electron chi connectivity index (χ2n) is 5.76. The van der Waals surface area contributed by atoms with E-state index in [4.69, 9.17) is 4.42 Å². The van der Waals surface area contributed by atoms with Crippen molar-refractivity contribution in [1.29, 1.82) is 0 Å². The van der Waals surface area contributed by atoms with Crippen LogP contribution in [0.2, 0.25) is 0 Å². The zero-order chi connectivity index (χ0) is 17.9. The van der Waals surface area contributed by atoms with E-state index < -0.39 is 0 Å². The van der Waals surface area contributed by atoms with E-state index in [0.29, 0.717) is 29.6 Å². The first-order valence-electron chi connectivity index (χ1n) is 8.08. The van der Waals surface area contributed by atoms with Crippen molar-refractivity contribution in [2.45, 2.75) is 13.5 Å². The molecule has 0 fully saturated rings. The maximum atomic E-state index is 12.5. The van der Waals surface area contributed by atoms with Crippen molar-refractivity contribution < 1.29 is 9.21 Å². The van der Waals surface area contributed by atoms with Crippen LogP contribution in [-0.2, 0) is 6.54 Å². The molecule has 3 heterocycles. The zero-order valence-electron chi connectivity index (χ0n) is 14.0. The lowest BCUT2D eigenvalue weighted by molar-refractivity contribution is 0.102. The minimum Gasteiger partial charge on any atom is -0.440 e. The van der Waals surface area contributed by atoms with Crippen molar-refractivity contribution in [3.8, 4) is 10.8 Å². The molecule has 0 unspecified atom stereocenters. The number of aromatic nitrogens is 3. The van der Waals surface area contributed by atoms with Gasteiger partial charge in [0.05, 0.1) is 11.4 Å². The Kier molecular flexibility index (Phi) is 4.37. The first-order valence-corrected chi connectivity index (χ1v) is 8.96. The van der Waals surface area contributed by atoms with E-state index >= 15 is 0 Å². The Bertz CT molecular complexity index is 1000. The van der Waals surface area contributed by atoms with E-state index in [1.807, 2.05) is 58.7 Å². The summed E-state index contributed by atoms with van der Waals surface area (Å²) in [5.74, 6) is 0.687. The molecule has 4 rings (SSSR count). The smallest absolute Gasteiger partial charge is 0.277 e. The first kappa shape index (κ1) is 16.3. The maximum absolute atomic E-state index is 12.5. The van der Waals surface area contributed by atoms with Crippen LogP contribution in [0.4, 0.5) is 5.69 Å². The van der Waals surface area contributed by atoms with Gasteiger partial charge < -0.3 is 9.73 Å². The Hall–Kier alpha value is -3.19. The number of amides is 1. The van der Waals surface area contributed by atoms with Gasteiger partial charge in [0.1, 0.15) is 5.76 Å². The van der Waals surface area contributed by atoms with Crippen molar-refractivity contribution in [2.24, 2.45) is 0 Å². The van der Waals surface area contributed by atoms with Gasteiger partial charge >= 0.3 is 0 Å². The second-order valence-corrected chi connectivity index (χ2v) is 6.70. The molecule has 6 nitrogen and oxygen atoms in total. The molecule has 0 spiro atoms. The average Bonchev–Trinajstić information content (AvgIpc) is 3.37. The van der Waals surface area contributed by atoms with E-state index in [0.717, 1.165) is 10.4 Å². The lowest BCUT2D eigenvalue weighted by Gasteiger charge is -2.06. The molecule has 7 heteroatoms. The Labute approximate surface area is 154 Å². The van der Waals surface area contributed by atoms with E-state index in [2.05, 4.69) is 15.4 Å². The highest BCUT2D eigenvalue weighted by atomic mass is 32.1. The van der Waals surface area contributed by atoms with Crippen LogP contribution in [0, 0.1) is 6.92 Å². The Balaban J connectivity index is 1.46. The maximum Gasteiger partial charge on any atom is 0.277 e. The molecule has 1 N–H and O–H groups in total. The summed E-state index contributed by atoms with van der Waals surface area (Å²) in [5.41, 5.74) is 2.11. The van der Waals surface area contributed by atoms with Crippen LogP contribution in [-0.4, -0.2) is 20.7 Å². The van der Waals surface area contributed by atoms with Crippen molar-refractivity contribution in [3.63, 3.8) is 0 Å². The molecule has 0 saturated heterocycles. The molecule has 3 aromatic heterocycles. The number of hydrogen-bond donors (Lipinski definition) is 1. The van der Waals surface area contributed by atoms with Gasteiger partial charge in [0.15, 0.2) is 5.69 Å². The first-order chi connectivity index (χ1) is 12.7. The lowest BCUT2D eigenvalue weighted by Crippen LogP contribution is -2.13. The van der Waals surface area contributed by atoms with Gasteiger partial charge in [-0.3, -0.25) is 9.48 Å². The fourth-order valence-corrected chi connectivity index (χ4v) is 3.23. The molecule has 130 valence electrons. The van der Waals surface area contributed by atoms with Crippen LogP contribution in [0.15, 0.2) is 64.7 Å². The third-order valence-electron chi connectivity index (χ3n) is 3.86. The number of nitrogens with one attached hydrogen (secondary N) is 1. The Morgan fingerprint density at radius 1 is 1.23 bits per heavy atom. The van der Waals surface area contributed by atoms with Gasteiger partial charge in [-0.1, -0.05) is 18.2 Å². The van der Waals surface area contributed by atoms with Gasteiger partial charge in [0, 0.05) is 18.1 Å². The van der Waals surface area contributed by atoms with Crippen LogP contribution in [0.25, 0.3) is 10.8 Å². The number of oxazole rings is 1. The summed E-state index contributed by atoms with van der Waals surface area (Å²) >= 11 is 1.52. The number of thiophene rings is 1. The van der Waals surface area contributed by atoms with Crippen molar-refractivity contribution >= 4 is 22.9 Å². The van der Waals surface area contributed by atoms with Gasteiger partial charge in [-0.05, 0) is 42.1 Å². The molecule has 4 aromatic rings. The largest absolute Gasteiger partial charge is 0.440 e. The molecule has 0 aliphatic heterocycles. The van der Waals surface area contributed by atoms with Crippen molar-refractivity contribution in [2.75, 3.05) is 5.32 Å². The summed E-state index contributed by atoms with van der Waals surface area (Å²) in [6.07, 6.45) is 3.66. The highest BCUT2D eigenvalue weighted by Crippen LogP contribution is 2.26. The molecule has 0 atom stereocenters. The molecular formula is C19H16N4O2S. The summed E-state index contributed by atoms with van der Waals surface area (Å²) in [7, 11) is 0. The van der Waals surface area contributed by atoms with Crippen molar-refractivity contribution in [3.05, 3.63) is 77.3 Å². The SMILES string of the molecule is Cc1oc(-c2cccs2)nc1C(=O)Nc1ccc(Cn2cccn2)cc1. The molecular weight excluding hydrogens is 348 g/mol.